The molecular formula is C9H10N2OS. The number of aryl methyl sites for hydroxylation is 1. The summed E-state index contributed by atoms with van der Waals surface area (Å²) in [5, 5.41) is 1.08. The number of nitrogens with zero attached hydrogens (tertiary/aromatic N) is 1. The third kappa shape index (κ3) is 1.70. The van der Waals surface area contributed by atoms with Gasteiger partial charge in [-0.1, -0.05) is 6.07 Å². The molecule has 0 saturated heterocycles. The summed E-state index contributed by atoms with van der Waals surface area (Å²) in [5.41, 5.74) is 2.08. The summed E-state index contributed by atoms with van der Waals surface area (Å²) in [6, 6.07) is 6.06. The molecule has 0 atom stereocenters. The zero-order valence-corrected chi connectivity index (χ0v) is 8.10. The van der Waals surface area contributed by atoms with Crippen LogP contribution in [0.15, 0.2) is 18.2 Å². The molecule has 0 aliphatic carbocycles. The van der Waals surface area contributed by atoms with Crippen LogP contribution in [-0.4, -0.2) is 4.98 Å². The zero-order chi connectivity index (χ0) is 9.26. The van der Waals surface area contributed by atoms with Crippen LogP contribution in [-0.2, 0) is 11.4 Å². The smallest absolute Gasteiger partial charge is 0.0930 e. The molecule has 3 nitrogen and oxygen atoms in total. The second-order valence-electron chi connectivity index (χ2n) is 2.85. The van der Waals surface area contributed by atoms with Gasteiger partial charge in [-0.05, 0) is 24.6 Å². The summed E-state index contributed by atoms with van der Waals surface area (Å²) >= 11 is 1.70. The fourth-order valence-electron chi connectivity index (χ4n) is 1.27. The van der Waals surface area contributed by atoms with Crippen molar-refractivity contribution in [1.29, 1.82) is 0 Å². The second kappa shape index (κ2) is 3.41. The van der Waals surface area contributed by atoms with E-state index in [0.717, 1.165) is 16.1 Å². The Bertz CT molecular complexity index is 424. The van der Waals surface area contributed by atoms with Crippen molar-refractivity contribution in [2.75, 3.05) is 0 Å². The monoisotopic (exact) mass is 194 g/mol. The maximum atomic E-state index is 4.99. The van der Waals surface area contributed by atoms with Crippen molar-refractivity contribution in [2.24, 2.45) is 5.90 Å². The topological polar surface area (TPSA) is 48.1 Å². The minimum atomic E-state index is 0.437. The van der Waals surface area contributed by atoms with Crippen molar-refractivity contribution in [3.05, 3.63) is 28.8 Å². The summed E-state index contributed by atoms with van der Waals surface area (Å²) in [6.07, 6.45) is 0. The quantitative estimate of drug-likeness (QED) is 0.744. The molecule has 0 bridgehead atoms. The summed E-state index contributed by atoms with van der Waals surface area (Å²) in [4.78, 5) is 8.94. The lowest BCUT2D eigenvalue weighted by Gasteiger charge is -1.96. The molecule has 0 fully saturated rings. The molecule has 1 aromatic heterocycles. The average molecular weight is 194 g/mol. The fourth-order valence-corrected chi connectivity index (χ4v) is 2.08. The fraction of sp³-hybridized carbons (Fsp3) is 0.222. The van der Waals surface area contributed by atoms with Crippen molar-refractivity contribution < 1.29 is 4.84 Å². The van der Waals surface area contributed by atoms with Crippen molar-refractivity contribution in [3.63, 3.8) is 0 Å². The predicted molar refractivity (Wildman–Crippen MR) is 53.3 cm³/mol. The molecule has 13 heavy (non-hydrogen) atoms. The van der Waals surface area contributed by atoms with E-state index in [1.54, 1.807) is 11.3 Å². The molecule has 2 rings (SSSR count). The van der Waals surface area contributed by atoms with Gasteiger partial charge in [0.25, 0.3) is 0 Å². The van der Waals surface area contributed by atoms with Gasteiger partial charge < -0.3 is 0 Å². The Balaban J connectivity index is 2.48. The average Bonchev–Trinajstić information content (AvgIpc) is 2.44. The SMILES string of the molecule is Cc1nc2cc(CON)ccc2s1. The Kier molecular flexibility index (Phi) is 2.26. The van der Waals surface area contributed by atoms with E-state index in [1.807, 2.05) is 25.1 Å². The molecule has 0 amide bonds. The molecule has 68 valence electrons. The third-order valence-corrected chi connectivity index (χ3v) is 2.76. The van der Waals surface area contributed by atoms with E-state index >= 15 is 0 Å². The minimum absolute atomic E-state index is 0.437. The standard InChI is InChI=1S/C9H10N2OS/c1-6-11-8-4-7(5-12-10)2-3-9(8)13-6/h2-4H,5,10H2,1H3. The van der Waals surface area contributed by atoms with E-state index in [9.17, 15) is 0 Å². The van der Waals surface area contributed by atoms with Gasteiger partial charge in [-0.2, -0.15) is 0 Å². The number of thiazole rings is 1. The Morgan fingerprint density at radius 3 is 3.15 bits per heavy atom. The van der Waals surface area contributed by atoms with Gasteiger partial charge in [-0.3, -0.25) is 4.84 Å². The molecule has 4 heteroatoms. The second-order valence-corrected chi connectivity index (χ2v) is 4.08. The van der Waals surface area contributed by atoms with E-state index in [-0.39, 0.29) is 0 Å². The third-order valence-electron chi connectivity index (χ3n) is 1.81. The number of hydrogen-bond acceptors (Lipinski definition) is 4. The maximum Gasteiger partial charge on any atom is 0.0930 e. The molecule has 2 N–H and O–H groups in total. The van der Waals surface area contributed by atoms with E-state index in [0.29, 0.717) is 6.61 Å². The van der Waals surface area contributed by atoms with Crippen molar-refractivity contribution in [2.45, 2.75) is 13.5 Å². The molecule has 2 aromatic rings. The highest BCUT2D eigenvalue weighted by Crippen LogP contribution is 2.22. The normalized spacial score (nSPS) is 10.9. The Labute approximate surface area is 80.1 Å². The number of aromatic nitrogens is 1. The van der Waals surface area contributed by atoms with Gasteiger partial charge in [0.15, 0.2) is 0 Å². The summed E-state index contributed by atoms with van der Waals surface area (Å²) in [6.45, 7) is 2.44. The first-order valence-corrected chi connectivity index (χ1v) is 4.79. The summed E-state index contributed by atoms with van der Waals surface area (Å²) < 4.78 is 1.21. The lowest BCUT2D eigenvalue weighted by atomic mass is 10.2. The van der Waals surface area contributed by atoms with Gasteiger partial charge in [-0.15, -0.1) is 11.3 Å². The zero-order valence-electron chi connectivity index (χ0n) is 7.28. The molecule has 0 aliphatic heterocycles. The van der Waals surface area contributed by atoms with Gasteiger partial charge in [-0.25, -0.2) is 10.9 Å². The van der Waals surface area contributed by atoms with Crippen LogP contribution in [0.25, 0.3) is 10.2 Å². The van der Waals surface area contributed by atoms with Crippen molar-refractivity contribution in [3.8, 4) is 0 Å². The Hall–Kier alpha value is -0.970. The van der Waals surface area contributed by atoms with E-state index in [1.165, 1.54) is 4.70 Å². The summed E-state index contributed by atoms with van der Waals surface area (Å²) in [7, 11) is 0. The largest absolute Gasteiger partial charge is 0.300 e. The maximum absolute atomic E-state index is 4.99. The highest BCUT2D eigenvalue weighted by atomic mass is 32.1. The molecule has 1 aromatic carbocycles. The molecule has 0 unspecified atom stereocenters. The van der Waals surface area contributed by atoms with E-state index in [2.05, 4.69) is 9.82 Å². The van der Waals surface area contributed by atoms with Gasteiger partial charge in [0, 0.05) is 0 Å². The van der Waals surface area contributed by atoms with Crippen LogP contribution in [0.1, 0.15) is 10.6 Å². The number of benzene rings is 1. The molecule has 0 aliphatic rings. The van der Waals surface area contributed by atoms with Gasteiger partial charge >= 0.3 is 0 Å². The lowest BCUT2D eigenvalue weighted by molar-refractivity contribution is 0.124. The minimum Gasteiger partial charge on any atom is -0.300 e. The van der Waals surface area contributed by atoms with Crippen LogP contribution in [0.2, 0.25) is 0 Å². The van der Waals surface area contributed by atoms with E-state index in [4.69, 9.17) is 5.90 Å². The van der Waals surface area contributed by atoms with Crippen LogP contribution in [0.5, 0.6) is 0 Å². The van der Waals surface area contributed by atoms with Crippen LogP contribution in [0, 0.1) is 6.92 Å². The lowest BCUT2D eigenvalue weighted by Crippen LogP contribution is -1.98. The Morgan fingerprint density at radius 1 is 1.54 bits per heavy atom. The van der Waals surface area contributed by atoms with Gasteiger partial charge in [0.2, 0.25) is 0 Å². The van der Waals surface area contributed by atoms with Gasteiger partial charge in [0.1, 0.15) is 0 Å². The van der Waals surface area contributed by atoms with Crippen LogP contribution >= 0.6 is 11.3 Å². The number of nitrogens with two attached hydrogens (primary N) is 1. The Morgan fingerprint density at radius 2 is 2.38 bits per heavy atom. The first kappa shape index (κ1) is 8.62. The molecule has 0 spiro atoms. The number of fused-ring (bicyclic) bond motifs is 1. The van der Waals surface area contributed by atoms with E-state index < -0.39 is 0 Å². The predicted octanol–water partition coefficient (Wildman–Crippen LogP) is 2.00. The highest BCUT2D eigenvalue weighted by molar-refractivity contribution is 7.18. The van der Waals surface area contributed by atoms with Crippen molar-refractivity contribution >= 4 is 21.6 Å². The van der Waals surface area contributed by atoms with Crippen molar-refractivity contribution in [1.82, 2.24) is 4.98 Å². The van der Waals surface area contributed by atoms with Crippen LogP contribution < -0.4 is 5.90 Å². The number of rotatable bonds is 2. The molecular weight excluding hydrogens is 184 g/mol. The first-order valence-electron chi connectivity index (χ1n) is 3.97. The first-order chi connectivity index (χ1) is 6.29. The van der Waals surface area contributed by atoms with Crippen LogP contribution in [0.4, 0.5) is 0 Å². The molecule has 1 heterocycles. The van der Waals surface area contributed by atoms with Crippen LogP contribution in [0.3, 0.4) is 0 Å². The van der Waals surface area contributed by atoms with Gasteiger partial charge in [0.05, 0.1) is 21.8 Å². The molecule has 0 saturated carbocycles. The number of hydrogen-bond donors (Lipinski definition) is 1. The molecule has 0 radical (unpaired) electrons. The highest BCUT2D eigenvalue weighted by Gasteiger charge is 2.00. The summed E-state index contributed by atoms with van der Waals surface area (Å²) in [5.74, 6) is 4.99.